The van der Waals surface area contributed by atoms with Crippen LogP contribution in [0.2, 0.25) is 0 Å². The van der Waals surface area contributed by atoms with Gasteiger partial charge in [0, 0.05) is 14.1 Å². The van der Waals surface area contributed by atoms with Crippen molar-refractivity contribution in [2.75, 3.05) is 14.1 Å². The highest BCUT2D eigenvalue weighted by Gasteiger charge is 2.28. The molecule has 0 spiro atoms. The number of carbonyl (C=O) groups is 2. The van der Waals surface area contributed by atoms with Crippen molar-refractivity contribution in [3.63, 3.8) is 0 Å². The molecule has 110 valence electrons. The Morgan fingerprint density at radius 3 is 2.48 bits per heavy atom. The van der Waals surface area contributed by atoms with Gasteiger partial charge in [-0.3, -0.25) is 9.59 Å². The number of carbonyl (C=O) groups excluding carboxylic acids is 2. The SMILES string of the molecule is CC(=O)C(Sc1nnn(-c2ccccc2)n1)C(=O)N(C)C. The van der Waals surface area contributed by atoms with Crippen LogP contribution in [0.3, 0.4) is 0 Å². The Morgan fingerprint density at radius 2 is 1.90 bits per heavy atom. The average Bonchev–Trinajstić information content (AvgIpc) is 2.93. The molecule has 2 aromatic rings. The molecular weight excluding hydrogens is 290 g/mol. The molecule has 1 aromatic carbocycles. The van der Waals surface area contributed by atoms with Gasteiger partial charge in [0.05, 0.1) is 5.69 Å². The highest BCUT2D eigenvalue weighted by molar-refractivity contribution is 8.01. The standard InChI is InChI=1S/C13H15N5O2S/c1-9(19)11(12(20)17(2)3)21-13-14-16-18(15-13)10-7-5-4-6-8-10/h4-8,11H,1-3H3. The highest BCUT2D eigenvalue weighted by Crippen LogP contribution is 2.21. The van der Waals surface area contributed by atoms with Crippen LogP contribution >= 0.6 is 11.8 Å². The minimum Gasteiger partial charge on any atom is -0.347 e. The zero-order valence-electron chi connectivity index (χ0n) is 11.9. The lowest BCUT2D eigenvalue weighted by molar-refractivity contribution is -0.132. The van der Waals surface area contributed by atoms with Crippen molar-refractivity contribution in [1.29, 1.82) is 0 Å². The van der Waals surface area contributed by atoms with Crippen LogP contribution in [0.5, 0.6) is 0 Å². The number of thioether (sulfide) groups is 1. The van der Waals surface area contributed by atoms with Crippen LogP contribution in [0.4, 0.5) is 0 Å². The number of tetrazole rings is 1. The molecule has 21 heavy (non-hydrogen) atoms. The number of aromatic nitrogens is 4. The summed E-state index contributed by atoms with van der Waals surface area (Å²) in [5.41, 5.74) is 0.759. The molecule has 1 atom stereocenters. The van der Waals surface area contributed by atoms with E-state index in [4.69, 9.17) is 0 Å². The van der Waals surface area contributed by atoms with E-state index in [2.05, 4.69) is 15.4 Å². The second kappa shape index (κ2) is 6.49. The van der Waals surface area contributed by atoms with Gasteiger partial charge < -0.3 is 4.90 Å². The molecule has 0 saturated carbocycles. The summed E-state index contributed by atoms with van der Waals surface area (Å²) in [6, 6.07) is 9.28. The second-order valence-electron chi connectivity index (χ2n) is 4.54. The van der Waals surface area contributed by atoms with Gasteiger partial charge >= 0.3 is 0 Å². The van der Waals surface area contributed by atoms with Gasteiger partial charge in [0.1, 0.15) is 5.25 Å². The Hall–Kier alpha value is -2.22. The Morgan fingerprint density at radius 1 is 1.24 bits per heavy atom. The smallest absolute Gasteiger partial charge is 0.243 e. The third kappa shape index (κ3) is 3.66. The lowest BCUT2D eigenvalue weighted by Crippen LogP contribution is -2.36. The molecule has 0 aliphatic rings. The summed E-state index contributed by atoms with van der Waals surface area (Å²) in [6.07, 6.45) is 0. The maximum Gasteiger partial charge on any atom is 0.243 e. The van der Waals surface area contributed by atoms with Gasteiger partial charge in [-0.2, -0.15) is 0 Å². The van der Waals surface area contributed by atoms with Crippen LogP contribution < -0.4 is 0 Å². The van der Waals surface area contributed by atoms with E-state index in [0.29, 0.717) is 0 Å². The summed E-state index contributed by atoms with van der Waals surface area (Å²) in [5, 5.41) is 11.4. The van der Waals surface area contributed by atoms with Gasteiger partial charge in [0.2, 0.25) is 11.1 Å². The first-order valence-corrected chi connectivity index (χ1v) is 7.10. The van der Waals surface area contributed by atoms with Crippen LogP contribution in [-0.2, 0) is 9.59 Å². The lowest BCUT2D eigenvalue weighted by atomic mass is 10.3. The van der Waals surface area contributed by atoms with Crippen molar-refractivity contribution in [2.24, 2.45) is 0 Å². The molecule has 7 nitrogen and oxygen atoms in total. The Kier molecular flexibility index (Phi) is 4.69. The summed E-state index contributed by atoms with van der Waals surface area (Å²) in [4.78, 5) is 26.3. The van der Waals surface area contributed by atoms with E-state index >= 15 is 0 Å². The molecule has 0 saturated heterocycles. The molecule has 1 amide bonds. The van der Waals surface area contributed by atoms with Crippen LogP contribution in [0.25, 0.3) is 5.69 Å². The third-order valence-corrected chi connectivity index (χ3v) is 3.78. The second-order valence-corrected chi connectivity index (χ2v) is 5.61. The number of hydrogen-bond acceptors (Lipinski definition) is 6. The molecule has 8 heteroatoms. The quantitative estimate of drug-likeness (QED) is 0.600. The molecule has 1 aromatic heterocycles. The molecular formula is C13H15N5O2S. The molecule has 1 unspecified atom stereocenters. The maximum atomic E-state index is 12.0. The zero-order chi connectivity index (χ0) is 15.4. The van der Waals surface area contributed by atoms with Crippen molar-refractivity contribution >= 4 is 23.5 Å². The van der Waals surface area contributed by atoms with Gasteiger partial charge in [-0.25, -0.2) is 0 Å². The molecule has 0 fully saturated rings. The summed E-state index contributed by atoms with van der Waals surface area (Å²) in [7, 11) is 3.21. The third-order valence-electron chi connectivity index (χ3n) is 2.64. The number of para-hydroxylation sites is 1. The first-order valence-electron chi connectivity index (χ1n) is 6.22. The minimum atomic E-state index is -0.853. The number of nitrogens with zero attached hydrogens (tertiary/aromatic N) is 5. The Balaban J connectivity index is 2.18. The van der Waals surface area contributed by atoms with E-state index in [1.54, 1.807) is 14.1 Å². The fourth-order valence-corrected chi connectivity index (χ4v) is 2.46. The van der Waals surface area contributed by atoms with Crippen LogP contribution in [-0.4, -0.2) is 56.1 Å². The molecule has 1 heterocycles. The summed E-state index contributed by atoms with van der Waals surface area (Å²) in [6.45, 7) is 1.38. The van der Waals surface area contributed by atoms with Crippen LogP contribution in [0.15, 0.2) is 35.5 Å². The van der Waals surface area contributed by atoms with Gasteiger partial charge in [-0.15, -0.1) is 15.0 Å². The summed E-state index contributed by atoms with van der Waals surface area (Å²) >= 11 is 1.00. The van der Waals surface area contributed by atoms with E-state index in [9.17, 15) is 9.59 Å². The van der Waals surface area contributed by atoms with E-state index in [0.717, 1.165) is 17.4 Å². The van der Waals surface area contributed by atoms with E-state index in [-0.39, 0.29) is 16.8 Å². The van der Waals surface area contributed by atoms with Crippen molar-refractivity contribution in [1.82, 2.24) is 25.1 Å². The summed E-state index contributed by atoms with van der Waals surface area (Å²) < 4.78 is 0. The van der Waals surface area contributed by atoms with E-state index in [1.807, 2.05) is 30.3 Å². The van der Waals surface area contributed by atoms with Crippen molar-refractivity contribution in [2.45, 2.75) is 17.3 Å². The molecule has 0 bridgehead atoms. The lowest BCUT2D eigenvalue weighted by Gasteiger charge is -2.16. The first-order chi connectivity index (χ1) is 9.99. The minimum absolute atomic E-state index is 0.241. The molecule has 2 rings (SSSR count). The average molecular weight is 305 g/mol. The topological polar surface area (TPSA) is 81.0 Å². The Bertz CT molecular complexity index is 641. The predicted molar refractivity (Wildman–Crippen MR) is 78.2 cm³/mol. The van der Waals surface area contributed by atoms with Crippen molar-refractivity contribution < 1.29 is 9.59 Å². The number of hydrogen-bond donors (Lipinski definition) is 0. The largest absolute Gasteiger partial charge is 0.347 e. The maximum absolute atomic E-state index is 12.0. The van der Waals surface area contributed by atoms with Crippen LogP contribution in [0, 0.1) is 0 Å². The van der Waals surface area contributed by atoms with Crippen LogP contribution in [0.1, 0.15) is 6.92 Å². The molecule has 0 aliphatic heterocycles. The number of ketones is 1. The van der Waals surface area contributed by atoms with Gasteiger partial charge in [-0.05, 0) is 24.3 Å². The van der Waals surface area contributed by atoms with E-state index in [1.165, 1.54) is 16.6 Å². The monoisotopic (exact) mass is 305 g/mol. The fourth-order valence-electron chi connectivity index (χ4n) is 1.57. The molecule has 0 aliphatic carbocycles. The van der Waals surface area contributed by atoms with E-state index < -0.39 is 5.25 Å². The first kappa shape index (κ1) is 15.2. The number of Topliss-reactive ketones (excluding diaryl/α,β-unsaturated/α-hetero) is 1. The predicted octanol–water partition coefficient (Wildman–Crippen LogP) is 0.800. The van der Waals surface area contributed by atoms with Gasteiger partial charge in [-0.1, -0.05) is 30.0 Å². The number of rotatable bonds is 5. The fraction of sp³-hybridized carbons (Fsp3) is 0.308. The zero-order valence-corrected chi connectivity index (χ0v) is 12.7. The van der Waals surface area contributed by atoms with Gasteiger partial charge in [0.15, 0.2) is 5.78 Å². The van der Waals surface area contributed by atoms with Crippen molar-refractivity contribution in [3.8, 4) is 5.69 Å². The Labute approximate surface area is 126 Å². The molecule has 0 radical (unpaired) electrons. The van der Waals surface area contributed by atoms with Gasteiger partial charge in [0.25, 0.3) is 0 Å². The number of amides is 1. The summed E-state index contributed by atoms with van der Waals surface area (Å²) in [5.74, 6) is -0.529. The highest BCUT2D eigenvalue weighted by atomic mass is 32.2. The van der Waals surface area contributed by atoms with Crippen molar-refractivity contribution in [3.05, 3.63) is 30.3 Å². The molecule has 0 N–H and O–H groups in total. The number of benzene rings is 1. The normalized spacial score (nSPS) is 12.0.